The number of hydrogen-bond donors (Lipinski definition) is 0. The topological polar surface area (TPSA) is 55.8 Å². The summed E-state index contributed by atoms with van der Waals surface area (Å²) in [6.07, 6.45) is 1.23. The molecule has 0 radical (unpaired) electrons. The van der Waals surface area contributed by atoms with Crippen LogP contribution in [0.15, 0.2) is 60.7 Å². The first kappa shape index (κ1) is 28.1. The smallest absolute Gasteiger partial charge is 0.409 e. The first-order chi connectivity index (χ1) is 18.2. The zero-order valence-corrected chi connectivity index (χ0v) is 27.7. The summed E-state index contributed by atoms with van der Waals surface area (Å²) in [7, 11) is 0. The van der Waals surface area contributed by atoms with E-state index in [2.05, 4.69) is 104 Å². The number of halogens is 3. The highest BCUT2D eigenvalue weighted by Crippen LogP contribution is 2.44. The Bertz CT molecular complexity index is 1340. The van der Waals surface area contributed by atoms with Crippen LogP contribution < -0.4 is 0 Å². The van der Waals surface area contributed by atoms with E-state index in [9.17, 15) is 9.59 Å². The van der Waals surface area contributed by atoms with Crippen molar-refractivity contribution < 1.29 is 19.1 Å². The van der Waals surface area contributed by atoms with Gasteiger partial charge < -0.3 is 14.4 Å². The van der Waals surface area contributed by atoms with Crippen molar-refractivity contribution in [3.63, 3.8) is 0 Å². The van der Waals surface area contributed by atoms with Gasteiger partial charge in [-0.3, -0.25) is 0 Å². The third kappa shape index (κ3) is 5.59. The Kier molecular flexibility index (Phi) is 8.59. The molecule has 5 nitrogen and oxygen atoms in total. The van der Waals surface area contributed by atoms with Gasteiger partial charge in [-0.1, -0.05) is 48.5 Å². The number of fused-ring (bicyclic) bond motifs is 3. The molecule has 1 amide bonds. The van der Waals surface area contributed by atoms with Crippen molar-refractivity contribution in [3.05, 3.63) is 88.1 Å². The van der Waals surface area contributed by atoms with E-state index in [0.717, 1.165) is 23.6 Å². The lowest BCUT2D eigenvalue weighted by Crippen LogP contribution is -2.46. The Labute approximate surface area is 264 Å². The second-order valence-corrected chi connectivity index (χ2v) is 13.7. The lowest BCUT2D eigenvalue weighted by molar-refractivity contribution is -0.0448. The fraction of sp³-hybridized carbons (Fsp3) is 0.333. The van der Waals surface area contributed by atoms with E-state index in [1.165, 1.54) is 22.3 Å². The zero-order chi connectivity index (χ0) is 27.0. The Hall–Kier alpha value is -1.41. The highest BCUT2D eigenvalue weighted by atomic mass is 127. The number of nitrogens with zero attached hydrogens (tertiary/aromatic N) is 1. The number of ether oxygens (including phenoxy) is 2. The van der Waals surface area contributed by atoms with E-state index in [4.69, 9.17) is 9.47 Å². The van der Waals surface area contributed by atoms with Gasteiger partial charge in [-0.25, -0.2) is 9.59 Å². The molecule has 0 aromatic heterocycles. The lowest BCUT2D eigenvalue weighted by Gasteiger charge is -2.39. The number of likely N-dealkylation sites (tertiary alicyclic amines) is 1. The molecule has 3 aromatic rings. The maximum Gasteiger partial charge on any atom is 0.409 e. The molecule has 1 aliphatic carbocycles. The Morgan fingerprint density at radius 2 is 1.42 bits per heavy atom. The second kappa shape index (κ2) is 11.6. The van der Waals surface area contributed by atoms with E-state index in [1.807, 2.05) is 38.1 Å². The molecule has 0 N–H and O–H groups in total. The van der Waals surface area contributed by atoms with Crippen LogP contribution in [0.2, 0.25) is 0 Å². The molecule has 198 valence electrons. The maximum atomic E-state index is 13.1. The van der Waals surface area contributed by atoms with Crippen LogP contribution in [0.5, 0.6) is 0 Å². The molecule has 5 rings (SSSR count). The highest BCUT2D eigenvalue weighted by Gasteiger charge is 2.38. The van der Waals surface area contributed by atoms with Gasteiger partial charge in [0.05, 0.1) is 5.56 Å². The Morgan fingerprint density at radius 3 is 2.03 bits per heavy atom. The van der Waals surface area contributed by atoms with Gasteiger partial charge >= 0.3 is 12.1 Å². The lowest BCUT2D eigenvalue weighted by atomic mass is 9.83. The van der Waals surface area contributed by atoms with Crippen LogP contribution in [0.1, 0.15) is 54.1 Å². The fourth-order valence-corrected chi connectivity index (χ4v) is 7.86. The average molecular weight is 847 g/mol. The summed E-state index contributed by atoms with van der Waals surface area (Å²) in [4.78, 5) is 27.9. The van der Waals surface area contributed by atoms with Crippen LogP contribution in [0, 0.1) is 16.6 Å². The van der Waals surface area contributed by atoms with E-state index in [-0.39, 0.29) is 23.9 Å². The maximum absolute atomic E-state index is 13.1. The zero-order valence-electron chi connectivity index (χ0n) is 21.2. The van der Waals surface area contributed by atoms with Crippen molar-refractivity contribution in [1.82, 2.24) is 4.90 Å². The number of carbonyl (C=O) groups is 2. The minimum atomic E-state index is -0.641. The Balaban J connectivity index is 1.18. The largest absolute Gasteiger partial charge is 0.456 e. The molecule has 2 aliphatic rings. The molecule has 1 aliphatic heterocycles. The Morgan fingerprint density at radius 1 is 0.868 bits per heavy atom. The van der Waals surface area contributed by atoms with Crippen molar-refractivity contribution in [3.8, 4) is 11.1 Å². The van der Waals surface area contributed by atoms with E-state index < -0.39 is 5.60 Å². The molecule has 1 heterocycles. The average Bonchev–Trinajstić information content (AvgIpc) is 3.23. The minimum Gasteiger partial charge on any atom is -0.456 e. The van der Waals surface area contributed by atoms with Crippen LogP contribution in [-0.4, -0.2) is 42.3 Å². The van der Waals surface area contributed by atoms with Crippen molar-refractivity contribution >= 4 is 79.8 Å². The normalized spacial score (nSPS) is 15.7. The van der Waals surface area contributed by atoms with Gasteiger partial charge in [-0.2, -0.15) is 0 Å². The summed E-state index contributed by atoms with van der Waals surface area (Å²) in [6, 6.07) is 20.7. The van der Waals surface area contributed by atoms with Crippen LogP contribution >= 0.6 is 67.8 Å². The molecular weight excluding hydrogens is 819 g/mol. The van der Waals surface area contributed by atoms with Gasteiger partial charge in [0.2, 0.25) is 0 Å². The molecule has 0 bridgehead atoms. The molecule has 1 saturated heterocycles. The third-order valence-corrected chi connectivity index (χ3v) is 11.6. The number of benzene rings is 3. The van der Waals surface area contributed by atoms with Gasteiger partial charge in [-0.15, -0.1) is 0 Å². The number of piperidine rings is 1. The molecule has 3 aromatic carbocycles. The summed E-state index contributed by atoms with van der Waals surface area (Å²) in [5, 5.41) is 0. The van der Waals surface area contributed by atoms with Gasteiger partial charge in [-0.05, 0) is 129 Å². The van der Waals surface area contributed by atoms with Crippen molar-refractivity contribution in [2.75, 3.05) is 19.7 Å². The highest BCUT2D eigenvalue weighted by molar-refractivity contribution is 14.1. The molecule has 0 spiro atoms. The standard InChI is InChI=1S/C30H28I3NO4/c1-30(2,38-28(35)26-24(31)11-12-25(32)27(26)33)18-13-15-34(16-14-18)29(36)37-17-23-21-9-5-3-7-19(21)20-8-4-6-10-22(20)23/h3-12,18,23H,13-17H2,1-2H3. The number of hydrogen-bond acceptors (Lipinski definition) is 4. The first-order valence-electron chi connectivity index (χ1n) is 12.6. The molecular formula is C30H28I3NO4. The first-order valence-corrected chi connectivity index (χ1v) is 15.9. The van der Waals surface area contributed by atoms with E-state index in [1.54, 1.807) is 4.90 Å². The van der Waals surface area contributed by atoms with Crippen LogP contribution in [0.4, 0.5) is 4.79 Å². The fourth-order valence-electron chi connectivity index (χ4n) is 5.53. The number of esters is 1. The molecule has 8 heteroatoms. The minimum absolute atomic E-state index is 0.0499. The monoisotopic (exact) mass is 847 g/mol. The summed E-state index contributed by atoms with van der Waals surface area (Å²) < 4.78 is 14.8. The predicted molar refractivity (Wildman–Crippen MR) is 173 cm³/mol. The third-order valence-electron chi connectivity index (χ3n) is 7.68. The number of rotatable bonds is 5. The molecule has 1 fully saturated rings. The number of amides is 1. The molecule has 0 saturated carbocycles. The van der Waals surface area contributed by atoms with Gasteiger partial charge in [0, 0.05) is 35.6 Å². The van der Waals surface area contributed by atoms with Crippen molar-refractivity contribution in [2.45, 2.75) is 38.2 Å². The van der Waals surface area contributed by atoms with Crippen LogP contribution in [0.25, 0.3) is 11.1 Å². The van der Waals surface area contributed by atoms with Gasteiger partial charge in [0.1, 0.15) is 12.2 Å². The van der Waals surface area contributed by atoms with Gasteiger partial charge in [0.25, 0.3) is 0 Å². The molecule has 0 unspecified atom stereocenters. The van der Waals surface area contributed by atoms with Gasteiger partial charge in [0.15, 0.2) is 0 Å². The molecule has 0 atom stereocenters. The summed E-state index contributed by atoms with van der Waals surface area (Å²) >= 11 is 6.64. The van der Waals surface area contributed by atoms with Crippen molar-refractivity contribution in [1.29, 1.82) is 0 Å². The predicted octanol–water partition coefficient (Wildman–Crippen LogP) is 8.10. The van der Waals surface area contributed by atoms with Crippen molar-refractivity contribution in [2.24, 2.45) is 5.92 Å². The van der Waals surface area contributed by atoms with E-state index in [0.29, 0.717) is 25.3 Å². The van der Waals surface area contributed by atoms with Crippen LogP contribution in [0.3, 0.4) is 0 Å². The summed E-state index contributed by atoms with van der Waals surface area (Å²) in [6.45, 7) is 5.45. The summed E-state index contributed by atoms with van der Waals surface area (Å²) in [5.41, 5.74) is 4.84. The number of carbonyl (C=O) groups excluding carboxylic acids is 2. The summed E-state index contributed by atoms with van der Waals surface area (Å²) in [5.74, 6) is -0.0858. The molecule has 38 heavy (non-hydrogen) atoms. The van der Waals surface area contributed by atoms with E-state index >= 15 is 0 Å². The van der Waals surface area contributed by atoms with Crippen LogP contribution in [-0.2, 0) is 9.47 Å². The second-order valence-electron chi connectivity index (χ2n) is 10.3. The SMILES string of the molecule is CC(C)(OC(=O)c1c(I)ccc(I)c1I)C1CCN(C(=O)OCC2c3ccccc3-c3ccccc32)CC1. The quantitative estimate of drug-likeness (QED) is 0.148.